The molecule has 0 spiro atoms. The van der Waals surface area contributed by atoms with Crippen LogP contribution in [-0.4, -0.2) is 36.4 Å². The SMILES string of the molecule is CC(C)(C)OC(=O)/C=C/c1cnc2c(c1)CCN2S(=O)(=O)c1cccc([N+](=O)[O-])c1. The molecule has 0 atom stereocenters. The lowest BCUT2D eigenvalue weighted by Gasteiger charge is -2.18. The minimum atomic E-state index is -3.99. The Kier molecular flexibility index (Phi) is 5.62. The average Bonchev–Trinajstić information content (AvgIpc) is 3.09. The van der Waals surface area contributed by atoms with Gasteiger partial charge in [-0.1, -0.05) is 6.07 Å². The smallest absolute Gasteiger partial charge is 0.331 e. The summed E-state index contributed by atoms with van der Waals surface area (Å²) in [6.45, 7) is 5.48. The van der Waals surface area contributed by atoms with Crippen LogP contribution >= 0.6 is 0 Å². The van der Waals surface area contributed by atoms with Gasteiger partial charge in [-0.25, -0.2) is 22.5 Å². The minimum Gasteiger partial charge on any atom is -0.457 e. The second-order valence-corrected chi connectivity index (χ2v) is 9.56. The Morgan fingerprint density at radius 1 is 1.30 bits per heavy atom. The maximum Gasteiger partial charge on any atom is 0.331 e. The predicted octanol–water partition coefficient (Wildman–Crippen LogP) is 3.10. The van der Waals surface area contributed by atoms with Crippen molar-refractivity contribution in [3.8, 4) is 0 Å². The molecule has 0 radical (unpaired) electrons. The number of hydrogen-bond acceptors (Lipinski definition) is 7. The molecule has 3 rings (SSSR count). The van der Waals surface area contributed by atoms with E-state index in [1.54, 1.807) is 32.9 Å². The summed E-state index contributed by atoms with van der Waals surface area (Å²) < 4.78 is 32.3. The van der Waals surface area contributed by atoms with E-state index in [0.29, 0.717) is 17.5 Å². The lowest BCUT2D eigenvalue weighted by Crippen LogP contribution is -2.29. The number of fused-ring (bicyclic) bond motifs is 1. The molecule has 0 fully saturated rings. The predicted molar refractivity (Wildman–Crippen MR) is 110 cm³/mol. The van der Waals surface area contributed by atoms with Gasteiger partial charge in [-0.15, -0.1) is 0 Å². The molecule has 1 aliphatic rings. The Morgan fingerprint density at radius 2 is 2.03 bits per heavy atom. The maximum absolute atomic E-state index is 13.0. The largest absolute Gasteiger partial charge is 0.457 e. The van der Waals surface area contributed by atoms with Gasteiger partial charge in [0.1, 0.15) is 11.4 Å². The van der Waals surface area contributed by atoms with Crippen LogP contribution < -0.4 is 4.31 Å². The Balaban J connectivity index is 1.84. The van der Waals surface area contributed by atoms with Gasteiger partial charge >= 0.3 is 5.97 Å². The second kappa shape index (κ2) is 7.86. The molecule has 2 heterocycles. The van der Waals surface area contributed by atoms with Crippen LogP contribution in [0, 0.1) is 10.1 Å². The fraction of sp³-hybridized carbons (Fsp3) is 0.300. The van der Waals surface area contributed by atoms with Crippen LogP contribution in [-0.2, 0) is 26.0 Å². The minimum absolute atomic E-state index is 0.166. The molecule has 0 N–H and O–H groups in total. The first-order valence-electron chi connectivity index (χ1n) is 9.14. The molecule has 0 aliphatic carbocycles. The lowest BCUT2D eigenvalue weighted by atomic mass is 10.1. The summed E-state index contributed by atoms with van der Waals surface area (Å²) in [6.07, 6.45) is 4.74. The fourth-order valence-corrected chi connectivity index (χ4v) is 4.47. The molecule has 158 valence electrons. The van der Waals surface area contributed by atoms with Gasteiger partial charge in [0.25, 0.3) is 15.7 Å². The standard InChI is InChI=1S/C20H21N3O6S/c1-20(2,3)29-18(24)8-7-14-11-15-9-10-22(19(15)21-13-14)30(27,28)17-6-4-5-16(12-17)23(25)26/h4-8,11-13H,9-10H2,1-3H3/b8-7+. The highest BCUT2D eigenvalue weighted by molar-refractivity contribution is 7.92. The van der Waals surface area contributed by atoms with Crippen LogP contribution in [0.5, 0.6) is 0 Å². The van der Waals surface area contributed by atoms with Gasteiger partial charge in [0, 0.05) is 31.0 Å². The molecule has 0 saturated heterocycles. The van der Waals surface area contributed by atoms with Crippen LogP contribution in [0.15, 0.2) is 47.5 Å². The number of ether oxygens (including phenoxy) is 1. The monoisotopic (exact) mass is 431 g/mol. The Bertz CT molecular complexity index is 1140. The lowest BCUT2D eigenvalue weighted by molar-refractivity contribution is -0.385. The summed E-state index contributed by atoms with van der Waals surface area (Å²) in [6, 6.07) is 6.67. The van der Waals surface area contributed by atoms with Gasteiger partial charge in [-0.05, 0) is 56.5 Å². The summed E-state index contributed by atoms with van der Waals surface area (Å²) in [5, 5.41) is 11.0. The molecule has 30 heavy (non-hydrogen) atoms. The molecular formula is C20H21N3O6S. The summed E-state index contributed by atoms with van der Waals surface area (Å²) in [5.74, 6) is -0.214. The van der Waals surface area contributed by atoms with Crippen LogP contribution in [0.1, 0.15) is 31.9 Å². The molecular weight excluding hydrogens is 410 g/mol. The van der Waals surface area contributed by atoms with E-state index in [0.717, 1.165) is 10.4 Å². The number of aromatic nitrogens is 1. The molecule has 1 aliphatic heterocycles. The maximum atomic E-state index is 13.0. The molecule has 0 bridgehead atoms. The van der Waals surface area contributed by atoms with Crippen molar-refractivity contribution < 1.29 is 22.9 Å². The Hall–Kier alpha value is -3.27. The first kappa shape index (κ1) is 21.4. The van der Waals surface area contributed by atoms with E-state index in [4.69, 9.17) is 4.74 Å². The number of carbonyl (C=O) groups is 1. The highest BCUT2D eigenvalue weighted by atomic mass is 32.2. The third-order valence-corrected chi connectivity index (χ3v) is 6.01. The normalized spacial score (nSPS) is 14.0. The van der Waals surface area contributed by atoms with Gasteiger partial charge < -0.3 is 4.74 Å². The third-order valence-electron chi connectivity index (χ3n) is 4.22. The van der Waals surface area contributed by atoms with Crippen molar-refractivity contribution in [2.24, 2.45) is 0 Å². The Labute approximate surface area is 174 Å². The number of sulfonamides is 1. The molecule has 1 aromatic carbocycles. The first-order valence-corrected chi connectivity index (χ1v) is 10.6. The van der Waals surface area contributed by atoms with Crippen LogP contribution in [0.25, 0.3) is 6.08 Å². The molecule has 0 saturated carbocycles. The molecule has 0 unspecified atom stereocenters. The number of hydrogen-bond donors (Lipinski definition) is 0. The molecule has 10 heteroatoms. The number of esters is 1. The summed E-state index contributed by atoms with van der Waals surface area (Å²) in [4.78, 5) is 26.2. The number of carbonyl (C=O) groups excluding carboxylic acids is 1. The summed E-state index contributed by atoms with van der Waals surface area (Å²) in [5.41, 5.74) is 0.439. The quantitative estimate of drug-likeness (QED) is 0.309. The zero-order valence-corrected chi connectivity index (χ0v) is 17.5. The van der Waals surface area contributed by atoms with E-state index >= 15 is 0 Å². The number of benzene rings is 1. The average molecular weight is 431 g/mol. The van der Waals surface area contributed by atoms with Gasteiger partial charge in [0.2, 0.25) is 0 Å². The number of pyridine rings is 1. The van der Waals surface area contributed by atoms with E-state index in [-0.39, 0.29) is 22.9 Å². The van der Waals surface area contributed by atoms with Crippen LogP contribution in [0.4, 0.5) is 11.5 Å². The molecule has 1 aromatic heterocycles. The zero-order valence-electron chi connectivity index (χ0n) is 16.7. The van der Waals surface area contributed by atoms with E-state index in [1.165, 1.54) is 30.5 Å². The second-order valence-electron chi connectivity index (χ2n) is 7.70. The third kappa shape index (κ3) is 4.65. The van der Waals surface area contributed by atoms with Crippen molar-refractivity contribution >= 4 is 33.6 Å². The zero-order chi connectivity index (χ0) is 22.1. The van der Waals surface area contributed by atoms with Crippen LogP contribution in [0.2, 0.25) is 0 Å². The highest BCUT2D eigenvalue weighted by Crippen LogP contribution is 2.32. The molecule has 0 amide bonds. The van der Waals surface area contributed by atoms with Crippen molar-refractivity contribution in [2.75, 3.05) is 10.8 Å². The number of rotatable bonds is 5. The van der Waals surface area contributed by atoms with E-state index < -0.39 is 26.5 Å². The Morgan fingerprint density at radius 3 is 2.70 bits per heavy atom. The molecule has 2 aromatic rings. The van der Waals surface area contributed by atoms with Crippen LogP contribution in [0.3, 0.4) is 0 Å². The van der Waals surface area contributed by atoms with E-state index in [1.807, 2.05) is 0 Å². The fourth-order valence-electron chi connectivity index (χ4n) is 2.97. The van der Waals surface area contributed by atoms with Gasteiger partial charge in [0.15, 0.2) is 0 Å². The van der Waals surface area contributed by atoms with Crippen molar-refractivity contribution in [2.45, 2.75) is 37.7 Å². The van der Waals surface area contributed by atoms with Crippen molar-refractivity contribution in [1.29, 1.82) is 0 Å². The van der Waals surface area contributed by atoms with Crippen molar-refractivity contribution in [3.63, 3.8) is 0 Å². The number of nitro benzene ring substituents is 1. The van der Waals surface area contributed by atoms with Gasteiger partial charge in [-0.2, -0.15) is 0 Å². The number of non-ortho nitro benzene ring substituents is 1. The first-order chi connectivity index (χ1) is 14.0. The highest BCUT2D eigenvalue weighted by Gasteiger charge is 2.33. The molecule has 9 nitrogen and oxygen atoms in total. The van der Waals surface area contributed by atoms with Crippen molar-refractivity contribution in [3.05, 3.63) is 63.8 Å². The number of nitrogens with zero attached hydrogens (tertiary/aromatic N) is 3. The van der Waals surface area contributed by atoms with E-state index in [2.05, 4.69) is 4.98 Å². The summed E-state index contributed by atoms with van der Waals surface area (Å²) >= 11 is 0. The van der Waals surface area contributed by atoms with Gasteiger partial charge in [0.05, 0.1) is 9.82 Å². The number of nitro groups is 1. The topological polar surface area (TPSA) is 120 Å². The van der Waals surface area contributed by atoms with Crippen molar-refractivity contribution in [1.82, 2.24) is 4.98 Å². The number of anilines is 1. The summed E-state index contributed by atoms with van der Waals surface area (Å²) in [7, 11) is -3.99. The van der Waals surface area contributed by atoms with E-state index in [9.17, 15) is 23.3 Å². The van der Waals surface area contributed by atoms with Gasteiger partial charge in [-0.3, -0.25) is 10.1 Å².